The van der Waals surface area contributed by atoms with Crippen molar-refractivity contribution in [1.29, 1.82) is 0 Å². The molecule has 0 radical (unpaired) electrons. The van der Waals surface area contributed by atoms with Crippen LogP contribution in [0.3, 0.4) is 0 Å². The number of ether oxygens (including phenoxy) is 4. The van der Waals surface area contributed by atoms with Gasteiger partial charge in [0.15, 0.2) is 11.5 Å². The summed E-state index contributed by atoms with van der Waals surface area (Å²) in [5.41, 5.74) is 0.779. The maximum Gasteiger partial charge on any atom is 0.204 e. The highest BCUT2D eigenvalue weighted by Gasteiger charge is 2.23. The van der Waals surface area contributed by atoms with E-state index >= 15 is 0 Å². The van der Waals surface area contributed by atoms with Crippen molar-refractivity contribution >= 4 is 11.0 Å². The van der Waals surface area contributed by atoms with Crippen LogP contribution in [0.1, 0.15) is 0 Å². The molecule has 0 amide bonds. The first-order valence-electron chi connectivity index (χ1n) is 9.89. The molecule has 2 N–H and O–H groups in total. The molecule has 0 aliphatic carbocycles. The van der Waals surface area contributed by atoms with Gasteiger partial charge in [-0.1, -0.05) is 12.1 Å². The van der Waals surface area contributed by atoms with E-state index in [1.807, 2.05) is 0 Å². The first-order chi connectivity index (χ1) is 15.9. The van der Waals surface area contributed by atoms with Crippen LogP contribution >= 0.6 is 0 Å². The molecule has 0 unspecified atom stereocenters. The molecule has 8 nitrogen and oxygen atoms in total. The highest BCUT2D eigenvalue weighted by atomic mass is 16.5. The van der Waals surface area contributed by atoms with Gasteiger partial charge in [0.25, 0.3) is 0 Å². The molecule has 4 aromatic rings. The van der Waals surface area contributed by atoms with Gasteiger partial charge >= 0.3 is 0 Å². The van der Waals surface area contributed by atoms with Crippen molar-refractivity contribution in [1.82, 2.24) is 0 Å². The standard InChI is InChI=1S/C25H22O8/c1-29-16-7-5-13(6-8-16)21-23(28)22-17(27)11-15(26)12-18(22)33-24(21)14-9-19(30-2)25(32-4)20(10-14)31-3/h5-12,26-27H,1-4H3. The van der Waals surface area contributed by atoms with Gasteiger partial charge in [-0.05, 0) is 29.8 Å². The van der Waals surface area contributed by atoms with Gasteiger partial charge < -0.3 is 33.6 Å². The summed E-state index contributed by atoms with van der Waals surface area (Å²) in [6.07, 6.45) is 0. The Morgan fingerprint density at radius 3 is 1.94 bits per heavy atom. The van der Waals surface area contributed by atoms with E-state index in [2.05, 4.69) is 0 Å². The Morgan fingerprint density at radius 2 is 1.39 bits per heavy atom. The second kappa shape index (κ2) is 8.66. The zero-order valence-corrected chi connectivity index (χ0v) is 18.5. The van der Waals surface area contributed by atoms with Gasteiger partial charge in [0.2, 0.25) is 11.2 Å². The predicted molar refractivity (Wildman–Crippen MR) is 123 cm³/mol. The first kappa shape index (κ1) is 21.9. The number of fused-ring (bicyclic) bond motifs is 1. The number of rotatable bonds is 6. The zero-order chi connectivity index (χ0) is 23.7. The summed E-state index contributed by atoms with van der Waals surface area (Å²) in [5, 5.41) is 20.3. The minimum Gasteiger partial charge on any atom is -0.508 e. The maximum absolute atomic E-state index is 13.6. The molecule has 3 aromatic carbocycles. The molecule has 0 aliphatic rings. The van der Waals surface area contributed by atoms with Gasteiger partial charge in [0.05, 0.1) is 34.0 Å². The molecule has 0 aliphatic heterocycles. The molecule has 1 aromatic heterocycles. The Bertz CT molecular complexity index is 1360. The normalized spacial score (nSPS) is 10.8. The zero-order valence-electron chi connectivity index (χ0n) is 18.5. The highest BCUT2D eigenvalue weighted by Crippen LogP contribution is 2.44. The average molecular weight is 450 g/mol. The van der Waals surface area contributed by atoms with Crippen LogP contribution in [0.5, 0.6) is 34.5 Å². The number of hydrogen-bond donors (Lipinski definition) is 2. The highest BCUT2D eigenvalue weighted by molar-refractivity contribution is 5.93. The van der Waals surface area contributed by atoms with E-state index in [4.69, 9.17) is 23.4 Å². The second-order valence-electron chi connectivity index (χ2n) is 7.12. The number of hydrogen-bond acceptors (Lipinski definition) is 8. The van der Waals surface area contributed by atoms with Crippen molar-refractivity contribution in [2.75, 3.05) is 28.4 Å². The summed E-state index contributed by atoms with van der Waals surface area (Å²) in [6.45, 7) is 0. The fourth-order valence-electron chi connectivity index (χ4n) is 3.72. The topological polar surface area (TPSA) is 108 Å². The number of phenols is 2. The van der Waals surface area contributed by atoms with E-state index in [0.717, 1.165) is 6.07 Å². The Kier molecular flexibility index (Phi) is 5.74. The number of aromatic hydroxyl groups is 2. The third kappa shape index (κ3) is 3.76. The van der Waals surface area contributed by atoms with Gasteiger partial charge in [-0.25, -0.2) is 0 Å². The lowest BCUT2D eigenvalue weighted by Crippen LogP contribution is -2.08. The summed E-state index contributed by atoms with van der Waals surface area (Å²) in [4.78, 5) is 13.6. The molecule has 0 saturated carbocycles. The third-order valence-electron chi connectivity index (χ3n) is 5.26. The molecule has 0 saturated heterocycles. The Morgan fingerprint density at radius 1 is 0.758 bits per heavy atom. The van der Waals surface area contributed by atoms with E-state index in [9.17, 15) is 15.0 Å². The van der Waals surface area contributed by atoms with Gasteiger partial charge in [0, 0.05) is 17.7 Å². The Labute approximate surface area is 189 Å². The van der Waals surface area contributed by atoms with Crippen LogP contribution < -0.4 is 24.4 Å². The van der Waals surface area contributed by atoms with Crippen molar-refractivity contribution in [3.05, 3.63) is 58.8 Å². The van der Waals surface area contributed by atoms with Crippen LogP contribution in [0.25, 0.3) is 33.4 Å². The summed E-state index contributed by atoms with van der Waals surface area (Å²) < 4.78 is 27.6. The minimum absolute atomic E-state index is 0.0264. The third-order valence-corrected chi connectivity index (χ3v) is 5.26. The van der Waals surface area contributed by atoms with Crippen molar-refractivity contribution in [2.45, 2.75) is 0 Å². The lowest BCUT2D eigenvalue weighted by molar-refractivity contribution is 0.324. The van der Waals surface area contributed by atoms with E-state index in [1.165, 1.54) is 27.4 Å². The second-order valence-corrected chi connectivity index (χ2v) is 7.12. The van der Waals surface area contributed by atoms with Crippen molar-refractivity contribution in [3.8, 4) is 56.9 Å². The lowest BCUT2D eigenvalue weighted by atomic mass is 9.97. The number of phenolic OH excluding ortho intramolecular Hbond substituents is 2. The first-order valence-corrected chi connectivity index (χ1v) is 9.89. The van der Waals surface area contributed by atoms with Crippen molar-refractivity contribution in [2.24, 2.45) is 0 Å². The molecule has 0 fully saturated rings. The SMILES string of the molecule is COc1ccc(-c2c(-c3cc(OC)c(OC)c(OC)c3)oc3cc(O)cc(O)c3c2=O)cc1. The van der Waals surface area contributed by atoms with Crippen molar-refractivity contribution in [3.63, 3.8) is 0 Å². The van der Waals surface area contributed by atoms with Crippen molar-refractivity contribution < 1.29 is 33.6 Å². The van der Waals surface area contributed by atoms with Gasteiger partial charge in [-0.15, -0.1) is 0 Å². The minimum atomic E-state index is -0.470. The Balaban J connectivity index is 2.12. The summed E-state index contributed by atoms with van der Waals surface area (Å²) in [6, 6.07) is 12.5. The average Bonchev–Trinajstić information content (AvgIpc) is 2.82. The molecule has 4 rings (SSSR count). The van der Waals surface area contributed by atoms with Crippen LogP contribution in [0.15, 0.2) is 57.7 Å². The monoisotopic (exact) mass is 450 g/mol. The van der Waals surface area contributed by atoms with E-state index in [1.54, 1.807) is 43.5 Å². The maximum atomic E-state index is 13.6. The van der Waals surface area contributed by atoms with Crippen LogP contribution in [0, 0.1) is 0 Å². The number of methoxy groups -OCH3 is 4. The fourth-order valence-corrected chi connectivity index (χ4v) is 3.72. The van der Waals surface area contributed by atoms with Gasteiger partial charge in [0.1, 0.15) is 34.0 Å². The predicted octanol–water partition coefficient (Wildman–Crippen LogP) is 4.57. The smallest absolute Gasteiger partial charge is 0.204 e. The molecular formula is C25H22O8. The Hall–Kier alpha value is -4.33. The molecule has 0 bridgehead atoms. The van der Waals surface area contributed by atoms with E-state index < -0.39 is 5.43 Å². The quantitative estimate of drug-likeness (QED) is 0.440. The lowest BCUT2D eigenvalue weighted by Gasteiger charge is -2.16. The van der Waals surface area contributed by atoms with E-state index in [-0.39, 0.29) is 33.8 Å². The van der Waals surface area contributed by atoms with Crippen LogP contribution in [-0.2, 0) is 0 Å². The molecule has 1 heterocycles. The molecule has 8 heteroatoms. The summed E-state index contributed by atoms with van der Waals surface area (Å²) in [5.74, 6) is 1.31. The molecule has 0 spiro atoms. The summed E-state index contributed by atoms with van der Waals surface area (Å²) in [7, 11) is 6.01. The van der Waals surface area contributed by atoms with Crippen LogP contribution in [0.4, 0.5) is 0 Å². The fraction of sp³-hybridized carbons (Fsp3) is 0.160. The molecule has 33 heavy (non-hydrogen) atoms. The molecular weight excluding hydrogens is 428 g/mol. The number of benzene rings is 3. The van der Waals surface area contributed by atoms with Gasteiger partial charge in [-0.2, -0.15) is 0 Å². The van der Waals surface area contributed by atoms with Crippen LogP contribution in [-0.4, -0.2) is 38.7 Å². The molecule has 170 valence electrons. The van der Waals surface area contributed by atoms with Gasteiger partial charge in [-0.3, -0.25) is 4.79 Å². The van der Waals surface area contributed by atoms with E-state index in [0.29, 0.717) is 34.1 Å². The van der Waals surface area contributed by atoms with Crippen LogP contribution in [0.2, 0.25) is 0 Å². The largest absolute Gasteiger partial charge is 0.508 e. The molecule has 0 atom stereocenters. The summed E-state index contributed by atoms with van der Waals surface area (Å²) >= 11 is 0.